The van der Waals surface area contributed by atoms with Crippen molar-refractivity contribution in [1.82, 2.24) is 0 Å². The van der Waals surface area contributed by atoms with E-state index in [1.54, 1.807) is 6.92 Å². The van der Waals surface area contributed by atoms with E-state index in [1.807, 2.05) is 42.5 Å². The van der Waals surface area contributed by atoms with Gasteiger partial charge in [-0.1, -0.05) is 36.4 Å². The van der Waals surface area contributed by atoms with Gasteiger partial charge >= 0.3 is 5.97 Å². The fraction of sp³-hybridized carbons (Fsp3) is 0.125. The number of anilines is 1. The molecule has 0 spiro atoms. The van der Waals surface area contributed by atoms with Crippen molar-refractivity contribution in [2.45, 2.75) is 6.92 Å². The molecule has 0 radical (unpaired) electrons. The van der Waals surface area contributed by atoms with E-state index in [1.165, 1.54) is 6.08 Å². The molecule has 0 aliphatic heterocycles. The van der Waals surface area contributed by atoms with Crippen molar-refractivity contribution in [3.8, 4) is 0 Å². The maximum atomic E-state index is 11.8. The van der Waals surface area contributed by atoms with Crippen LogP contribution in [0.3, 0.4) is 0 Å². The summed E-state index contributed by atoms with van der Waals surface area (Å²) in [4.78, 5) is 22.9. The Bertz CT molecular complexity index is 656. The number of benzene rings is 2. The van der Waals surface area contributed by atoms with Crippen LogP contribution in [0, 0.1) is 0 Å². The number of rotatable bonds is 4. The first-order chi connectivity index (χ1) is 9.70. The monoisotopic (exact) mass is 269 g/mol. The third-order valence-corrected chi connectivity index (χ3v) is 2.70. The number of hydrogen-bond acceptors (Lipinski definition) is 3. The SMILES string of the molecule is CCOC(=O)/C=C/C(=O)Nc1cccc2ccccc12. The van der Waals surface area contributed by atoms with Crippen LogP contribution < -0.4 is 5.32 Å². The third-order valence-electron chi connectivity index (χ3n) is 2.70. The van der Waals surface area contributed by atoms with Gasteiger partial charge < -0.3 is 10.1 Å². The van der Waals surface area contributed by atoms with Crippen molar-refractivity contribution in [3.05, 3.63) is 54.6 Å². The van der Waals surface area contributed by atoms with Gasteiger partial charge in [-0.15, -0.1) is 0 Å². The second kappa shape index (κ2) is 6.52. The van der Waals surface area contributed by atoms with Crippen LogP contribution in [0.1, 0.15) is 6.92 Å². The van der Waals surface area contributed by atoms with Crippen LogP contribution in [0.2, 0.25) is 0 Å². The first kappa shape index (κ1) is 13.8. The highest BCUT2D eigenvalue weighted by molar-refractivity contribution is 6.07. The van der Waals surface area contributed by atoms with E-state index < -0.39 is 5.97 Å². The number of nitrogens with one attached hydrogen (secondary N) is 1. The molecule has 0 fully saturated rings. The second-order valence-corrected chi connectivity index (χ2v) is 4.10. The Morgan fingerprint density at radius 3 is 2.65 bits per heavy atom. The Kier molecular flexibility index (Phi) is 4.50. The van der Waals surface area contributed by atoms with Crippen molar-refractivity contribution >= 4 is 28.3 Å². The summed E-state index contributed by atoms with van der Waals surface area (Å²) in [5, 5.41) is 4.74. The molecule has 2 aromatic rings. The number of carbonyl (C=O) groups is 2. The summed E-state index contributed by atoms with van der Waals surface area (Å²) < 4.78 is 4.71. The molecule has 4 heteroatoms. The van der Waals surface area contributed by atoms with Crippen LogP contribution in [0.4, 0.5) is 5.69 Å². The molecule has 0 bridgehead atoms. The zero-order chi connectivity index (χ0) is 14.4. The van der Waals surface area contributed by atoms with Crippen molar-refractivity contribution in [2.24, 2.45) is 0 Å². The quantitative estimate of drug-likeness (QED) is 0.686. The Morgan fingerprint density at radius 2 is 1.85 bits per heavy atom. The van der Waals surface area contributed by atoms with Crippen molar-refractivity contribution < 1.29 is 14.3 Å². The van der Waals surface area contributed by atoms with Gasteiger partial charge in [-0.2, -0.15) is 0 Å². The molecule has 0 aliphatic rings. The predicted octanol–water partition coefficient (Wildman–Crippen LogP) is 2.90. The number of ether oxygens (including phenoxy) is 1. The van der Waals surface area contributed by atoms with E-state index in [0.717, 1.165) is 16.8 Å². The van der Waals surface area contributed by atoms with Gasteiger partial charge in [0.1, 0.15) is 0 Å². The molecular weight excluding hydrogens is 254 g/mol. The van der Waals surface area contributed by atoms with Crippen LogP contribution >= 0.6 is 0 Å². The lowest BCUT2D eigenvalue weighted by Crippen LogP contribution is -2.09. The molecule has 20 heavy (non-hydrogen) atoms. The number of esters is 1. The lowest BCUT2D eigenvalue weighted by molar-refractivity contribution is -0.137. The fourth-order valence-electron chi connectivity index (χ4n) is 1.84. The van der Waals surface area contributed by atoms with E-state index in [0.29, 0.717) is 5.69 Å². The highest BCUT2D eigenvalue weighted by Crippen LogP contribution is 2.22. The minimum Gasteiger partial charge on any atom is -0.463 e. The maximum absolute atomic E-state index is 11.8. The first-order valence-corrected chi connectivity index (χ1v) is 6.34. The highest BCUT2D eigenvalue weighted by atomic mass is 16.5. The molecule has 2 aromatic carbocycles. The summed E-state index contributed by atoms with van der Waals surface area (Å²) in [5.74, 6) is -0.894. The Morgan fingerprint density at radius 1 is 1.10 bits per heavy atom. The molecular formula is C16H15NO3. The Labute approximate surface area is 117 Å². The molecule has 0 aromatic heterocycles. The molecule has 0 heterocycles. The summed E-state index contributed by atoms with van der Waals surface area (Å²) >= 11 is 0. The molecule has 0 aliphatic carbocycles. The summed E-state index contributed by atoms with van der Waals surface area (Å²) in [6.45, 7) is 2.00. The van der Waals surface area contributed by atoms with E-state index in [2.05, 4.69) is 5.32 Å². The average Bonchev–Trinajstić information content (AvgIpc) is 2.46. The normalized spacial score (nSPS) is 10.7. The molecule has 0 atom stereocenters. The van der Waals surface area contributed by atoms with Gasteiger partial charge in [0.15, 0.2) is 0 Å². The smallest absolute Gasteiger partial charge is 0.330 e. The summed E-state index contributed by atoms with van der Waals surface area (Å²) in [7, 11) is 0. The van der Waals surface area contributed by atoms with Gasteiger partial charge in [-0.05, 0) is 18.4 Å². The largest absolute Gasteiger partial charge is 0.463 e. The number of amides is 1. The standard InChI is InChI=1S/C16H15NO3/c1-2-20-16(19)11-10-15(18)17-14-9-5-7-12-6-3-4-8-13(12)14/h3-11H,2H2,1H3,(H,17,18)/b11-10+. The molecule has 4 nitrogen and oxygen atoms in total. The number of carbonyl (C=O) groups excluding carboxylic acids is 2. The average molecular weight is 269 g/mol. The summed E-state index contributed by atoms with van der Waals surface area (Å²) in [6, 6.07) is 13.4. The van der Waals surface area contributed by atoms with Crippen LogP contribution in [-0.2, 0) is 14.3 Å². The second-order valence-electron chi connectivity index (χ2n) is 4.10. The fourth-order valence-corrected chi connectivity index (χ4v) is 1.84. The van der Waals surface area contributed by atoms with E-state index in [9.17, 15) is 9.59 Å². The summed E-state index contributed by atoms with van der Waals surface area (Å²) in [5.41, 5.74) is 0.710. The summed E-state index contributed by atoms with van der Waals surface area (Å²) in [6.07, 6.45) is 2.28. The number of hydrogen-bond donors (Lipinski definition) is 1. The van der Waals surface area contributed by atoms with Crippen molar-refractivity contribution in [1.29, 1.82) is 0 Å². The molecule has 1 amide bonds. The van der Waals surface area contributed by atoms with E-state index in [-0.39, 0.29) is 12.5 Å². The zero-order valence-electron chi connectivity index (χ0n) is 11.1. The van der Waals surface area contributed by atoms with Gasteiger partial charge in [-0.25, -0.2) is 4.79 Å². The lowest BCUT2D eigenvalue weighted by atomic mass is 10.1. The first-order valence-electron chi connectivity index (χ1n) is 6.34. The topological polar surface area (TPSA) is 55.4 Å². The van der Waals surface area contributed by atoms with Gasteiger partial charge in [-0.3, -0.25) is 4.79 Å². The third kappa shape index (κ3) is 3.45. The lowest BCUT2D eigenvalue weighted by Gasteiger charge is -2.06. The Balaban J connectivity index is 2.12. The van der Waals surface area contributed by atoms with Crippen LogP contribution in [0.25, 0.3) is 10.8 Å². The van der Waals surface area contributed by atoms with E-state index in [4.69, 9.17) is 4.74 Å². The van der Waals surface area contributed by atoms with Crippen LogP contribution in [0.5, 0.6) is 0 Å². The Hall–Kier alpha value is -2.62. The van der Waals surface area contributed by atoms with Gasteiger partial charge in [0.2, 0.25) is 5.91 Å². The van der Waals surface area contributed by atoms with Gasteiger partial charge in [0, 0.05) is 23.2 Å². The van der Waals surface area contributed by atoms with Gasteiger partial charge in [0.05, 0.1) is 6.61 Å². The van der Waals surface area contributed by atoms with Crippen molar-refractivity contribution in [2.75, 3.05) is 11.9 Å². The molecule has 1 N–H and O–H groups in total. The minimum atomic E-state index is -0.527. The minimum absolute atomic E-state index is 0.286. The molecule has 0 saturated carbocycles. The highest BCUT2D eigenvalue weighted by Gasteiger charge is 2.03. The van der Waals surface area contributed by atoms with Crippen LogP contribution in [-0.4, -0.2) is 18.5 Å². The van der Waals surface area contributed by atoms with Crippen molar-refractivity contribution in [3.63, 3.8) is 0 Å². The van der Waals surface area contributed by atoms with Gasteiger partial charge in [0.25, 0.3) is 0 Å². The molecule has 102 valence electrons. The molecule has 2 rings (SSSR count). The molecule has 0 unspecified atom stereocenters. The van der Waals surface area contributed by atoms with E-state index >= 15 is 0 Å². The van der Waals surface area contributed by atoms with Crippen LogP contribution in [0.15, 0.2) is 54.6 Å². The molecule has 0 saturated heterocycles. The maximum Gasteiger partial charge on any atom is 0.330 e. The number of fused-ring (bicyclic) bond motifs is 1. The predicted molar refractivity (Wildman–Crippen MR) is 78.4 cm³/mol. The zero-order valence-corrected chi connectivity index (χ0v) is 11.1.